The van der Waals surface area contributed by atoms with E-state index < -0.39 is 0 Å². The van der Waals surface area contributed by atoms with E-state index in [4.69, 9.17) is 4.74 Å². The summed E-state index contributed by atoms with van der Waals surface area (Å²) < 4.78 is 8.15. The third-order valence-corrected chi connectivity index (χ3v) is 7.69. The first-order valence-corrected chi connectivity index (χ1v) is 15.2. The molecule has 1 heterocycles. The molecule has 6 heteroatoms. The first-order chi connectivity index (χ1) is 18.2. The Balaban J connectivity index is 0.00000507. The highest BCUT2D eigenvalue weighted by Gasteiger charge is 2.16. The van der Waals surface area contributed by atoms with E-state index in [9.17, 15) is 4.79 Å². The van der Waals surface area contributed by atoms with Gasteiger partial charge in [-0.25, -0.2) is 0 Å². The van der Waals surface area contributed by atoms with Gasteiger partial charge in [0.2, 0.25) is 5.51 Å². The van der Waals surface area contributed by atoms with Crippen LogP contribution in [0.15, 0.2) is 59.4 Å². The number of nitrogens with one attached hydrogen (secondary N) is 1. The molecule has 3 rings (SSSR count). The molecule has 0 bridgehead atoms. The zero-order valence-electron chi connectivity index (χ0n) is 23.2. The predicted molar refractivity (Wildman–Crippen MR) is 156 cm³/mol. The van der Waals surface area contributed by atoms with Crippen LogP contribution in [0, 0.1) is 6.92 Å². The maximum Gasteiger partial charge on any atom is 0.256 e. The Hall–Kier alpha value is -2.18. The SMILES string of the molecule is CCCCCCCCCCCCCCOc1cccc(NC(=O)c2ccccc2C[n+]2cscc2C)c1.[Br-]. The quantitative estimate of drug-likeness (QED) is 0.150. The van der Waals surface area contributed by atoms with Gasteiger partial charge < -0.3 is 27.0 Å². The Kier molecular flexibility index (Phi) is 16.0. The molecule has 0 saturated carbocycles. The highest BCUT2D eigenvalue weighted by molar-refractivity contribution is 7.07. The molecule has 0 atom stereocenters. The van der Waals surface area contributed by atoms with E-state index in [2.05, 4.69) is 34.6 Å². The summed E-state index contributed by atoms with van der Waals surface area (Å²) in [5.74, 6) is 0.709. The number of unbranched alkanes of at least 4 members (excludes halogenated alkanes) is 11. The summed E-state index contributed by atoms with van der Waals surface area (Å²) in [6, 6.07) is 15.5. The summed E-state index contributed by atoms with van der Waals surface area (Å²) >= 11 is 1.67. The lowest BCUT2D eigenvalue weighted by Gasteiger charge is -2.11. The number of thiazole rings is 1. The van der Waals surface area contributed by atoms with Gasteiger partial charge in [0.15, 0.2) is 12.2 Å². The van der Waals surface area contributed by atoms with E-state index in [-0.39, 0.29) is 22.9 Å². The lowest BCUT2D eigenvalue weighted by molar-refractivity contribution is -0.689. The summed E-state index contributed by atoms with van der Waals surface area (Å²) in [6.45, 7) is 5.76. The van der Waals surface area contributed by atoms with Crippen LogP contribution in [0.4, 0.5) is 5.69 Å². The largest absolute Gasteiger partial charge is 1.00 e. The zero-order valence-corrected chi connectivity index (χ0v) is 25.6. The van der Waals surface area contributed by atoms with E-state index in [1.165, 1.54) is 76.3 Å². The van der Waals surface area contributed by atoms with Gasteiger partial charge in [-0.15, -0.1) is 0 Å². The summed E-state index contributed by atoms with van der Waals surface area (Å²) in [5.41, 5.74) is 5.74. The number of anilines is 1. The minimum atomic E-state index is -0.0952. The number of benzene rings is 2. The number of rotatable bonds is 18. The van der Waals surface area contributed by atoms with Gasteiger partial charge >= 0.3 is 0 Å². The third-order valence-electron chi connectivity index (χ3n) is 6.84. The molecule has 4 nitrogen and oxygen atoms in total. The normalized spacial score (nSPS) is 10.7. The van der Waals surface area contributed by atoms with Gasteiger partial charge in [0, 0.05) is 29.8 Å². The average Bonchev–Trinajstić information content (AvgIpc) is 3.31. The van der Waals surface area contributed by atoms with Crippen LogP contribution in [0.2, 0.25) is 0 Å². The number of halogens is 1. The predicted octanol–water partition coefficient (Wildman–Crippen LogP) is 5.73. The van der Waals surface area contributed by atoms with Gasteiger partial charge in [-0.3, -0.25) is 4.79 Å². The first kappa shape index (κ1) is 32.0. The number of hydrogen-bond acceptors (Lipinski definition) is 3. The molecule has 0 spiro atoms. The Morgan fingerprint density at radius 1 is 0.868 bits per heavy atom. The van der Waals surface area contributed by atoms with Gasteiger partial charge in [-0.2, -0.15) is 4.57 Å². The first-order valence-electron chi connectivity index (χ1n) is 14.2. The molecule has 0 fully saturated rings. The molecule has 0 aliphatic heterocycles. The summed E-state index contributed by atoms with van der Waals surface area (Å²) in [4.78, 5) is 13.1. The van der Waals surface area contributed by atoms with Crippen molar-refractivity contribution in [1.82, 2.24) is 0 Å². The van der Waals surface area contributed by atoms with Crippen LogP contribution in [-0.4, -0.2) is 12.5 Å². The van der Waals surface area contributed by atoms with Crippen molar-refractivity contribution in [2.75, 3.05) is 11.9 Å². The lowest BCUT2D eigenvalue weighted by Crippen LogP contribution is -3.00. The highest BCUT2D eigenvalue weighted by atomic mass is 79.9. The molecule has 0 aliphatic rings. The number of aromatic nitrogens is 1. The fraction of sp³-hybridized carbons (Fsp3) is 0.500. The van der Waals surface area contributed by atoms with Crippen LogP contribution >= 0.6 is 11.3 Å². The fourth-order valence-electron chi connectivity index (χ4n) is 4.57. The number of carbonyl (C=O) groups is 1. The van der Waals surface area contributed by atoms with Crippen LogP contribution in [0.3, 0.4) is 0 Å². The molecular formula is C32H45BrN2O2S. The van der Waals surface area contributed by atoms with E-state index in [0.717, 1.165) is 30.0 Å². The summed E-state index contributed by atoms with van der Waals surface area (Å²) in [7, 11) is 0. The zero-order chi connectivity index (χ0) is 26.1. The molecule has 1 N–H and O–H groups in total. The molecule has 1 aromatic heterocycles. The Morgan fingerprint density at radius 2 is 1.53 bits per heavy atom. The van der Waals surface area contributed by atoms with Crippen LogP contribution in [0.25, 0.3) is 0 Å². The Morgan fingerprint density at radius 3 is 2.18 bits per heavy atom. The highest BCUT2D eigenvalue weighted by Crippen LogP contribution is 2.20. The minimum absolute atomic E-state index is 0. The maximum absolute atomic E-state index is 13.1. The second-order valence-corrected chi connectivity index (χ2v) is 10.7. The molecule has 0 saturated heterocycles. The molecule has 1 amide bonds. The monoisotopic (exact) mass is 600 g/mol. The van der Waals surface area contributed by atoms with Crippen molar-refractivity contribution in [1.29, 1.82) is 0 Å². The van der Waals surface area contributed by atoms with E-state index >= 15 is 0 Å². The van der Waals surface area contributed by atoms with Crippen molar-refractivity contribution in [2.45, 2.75) is 97.4 Å². The number of hydrogen-bond donors (Lipinski definition) is 1. The van der Waals surface area contributed by atoms with Crippen molar-refractivity contribution in [3.63, 3.8) is 0 Å². The molecule has 3 aromatic rings. The van der Waals surface area contributed by atoms with E-state index in [1.54, 1.807) is 11.3 Å². The second kappa shape index (κ2) is 19.0. The van der Waals surface area contributed by atoms with Crippen LogP contribution in [0.1, 0.15) is 106 Å². The van der Waals surface area contributed by atoms with Crippen LogP contribution < -0.4 is 31.6 Å². The number of carbonyl (C=O) groups excluding carboxylic acids is 1. The minimum Gasteiger partial charge on any atom is -1.00 e. The van der Waals surface area contributed by atoms with E-state index in [1.807, 2.05) is 48.5 Å². The van der Waals surface area contributed by atoms with E-state index in [0.29, 0.717) is 12.1 Å². The molecular weight excluding hydrogens is 556 g/mol. The molecule has 0 unspecified atom stereocenters. The van der Waals surface area contributed by atoms with Gasteiger partial charge in [0.25, 0.3) is 5.91 Å². The summed E-state index contributed by atoms with van der Waals surface area (Å²) in [5, 5.41) is 5.17. The lowest BCUT2D eigenvalue weighted by atomic mass is 10.1. The smallest absolute Gasteiger partial charge is 0.256 e. The maximum atomic E-state index is 13.1. The standard InChI is InChI=1S/C32H44N2O2S.BrH/c1-3-4-5-6-7-8-9-10-11-12-13-16-22-36-30-20-17-19-29(23-30)33-32(35)31-21-15-14-18-28(31)24-34-26-37-25-27(34)2;/h14-15,17-21,23,25-26H,3-13,16,22,24H2,1-2H3;1H. The molecule has 0 radical (unpaired) electrons. The fourth-order valence-corrected chi connectivity index (χ4v) is 5.35. The van der Waals surface area contributed by atoms with Gasteiger partial charge in [0.1, 0.15) is 5.75 Å². The van der Waals surface area contributed by atoms with Gasteiger partial charge in [0.05, 0.1) is 12.0 Å². The third kappa shape index (κ3) is 11.7. The number of ether oxygens (including phenoxy) is 1. The summed E-state index contributed by atoms with van der Waals surface area (Å²) in [6.07, 6.45) is 16.0. The number of aryl methyl sites for hydroxylation is 1. The number of amides is 1. The molecule has 208 valence electrons. The average molecular weight is 602 g/mol. The van der Waals surface area contributed by atoms with Gasteiger partial charge in [-0.05, 0) is 24.6 Å². The second-order valence-electron chi connectivity index (χ2n) is 10.0. The van der Waals surface area contributed by atoms with Crippen molar-refractivity contribution in [3.8, 4) is 5.75 Å². The van der Waals surface area contributed by atoms with Crippen molar-refractivity contribution in [3.05, 3.63) is 76.2 Å². The van der Waals surface area contributed by atoms with Crippen molar-refractivity contribution in [2.24, 2.45) is 0 Å². The van der Waals surface area contributed by atoms with Gasteiger partial charge in [-0.1, -0.05) is 113 Å². The van der Waals surface area contributed by atoms with Crippen LogP contribution in [0.5, 0.6) is 5.75 Å². The molecule has 38 heavy (non-hydrogen) atoms. The number of nitrogens with zero attached hydrogens (tertiary/aromatic N) is 1. The Labute approximate surface area is 244 Å². The Bertz CT molecular complexity index is 1070. The molecule has 2 aromatic carbocycles. The topological polar surface area (TPSA) is 42.2 Å². The van der Waals surface area contributed by atoms with Crippen molar-refractivity contribution < 1.29 is 31.1 Å². The molecule has 0 aliphatic carbocycles. The van der Waals surface area contributed by atoms with Crippen molar-refractivity contribution >= 4 is 22.9 Å². The van der Waals surface area contributed by atoms with Crippen LogP contribution in [-0.2, 0) is 6.54 Å².